The fourth-order valence-electron chi connectivity index (χ4n) is 2.59. The van der Waals surface area contributed by atoms with E-state index in [1.807, 2.05) is 0 Å². The van der Waals surface area contributed by atoms with Crippen molar-refractivity contribution in [1.29, 1.82) is 0 Å². The molecule has 17 heavy (non-hydrogen) atoms. The van der Waals surface area contributed by atoms with Gasteiger partial charge in [-0.2, -0.15) is 0 Å². The van der Waals surface area contributed by atoms with Crippen molar-refractivity contribution in [3.8, 4) is 0 Å². The molecule has 94 valence electrons. The average Bonchev–Trinajstić information content (AvgIpc) is 2.50. The summed E-state index contributed by atoms with van der Waals surface area (Å²) < 4.78 is 26.6. The smallest absolute Gasteiger partial charge is 0.126 e. The molecule has 2 atom stereocenters. The first-order valence-corrected chi connectivity index (χ1v) is 6.29. The predicted molar refractivity (Wildman–Crippen MR) is 62.6 cm³/mol. The number of halogens is 2. The lowest BCUT2D eigenvalue weighted by Gasteiger charge is -2.20. The van der Waals surface area contributed by atoms with Crippen molar-refractivity contribution in [2.45, 2.75) is 44.6 Å². The molecule has 0 radical (unpaired) electrons. The number of hydrogen-bond donors (Lipinski definition) is 1. The van der Waals surface area contributed by atoms with Gasteiger partial charge in [0.25, 0.3) is 0 Å². The van der Waals surface area contributed by atoms with E-state index < -0.39 is 5.82 Å². The van der Waals surface area contributed by atoms with Gasteiger partial charge in [0.05, 0.1) is 6.10 Å². The summed E-state index contributed by atoms with van der Waals surface area (Å²) in [5.74, 6) is -0.721. The standard InChI is InChI=1S/C14H18F2O/c15-12-6-7-13(16)11(9-12)8-10-4-2-1-3-5-14(10)17/h6-7,9-10,14,17H,1-5,8H2. The van der Waals surface area contributed by atoms with Crippen molar-refractivity contribution in [2.75, 3.05) is 0 Å². The molecule has 0 amide bonds. The summed E-state index contributed by atoms with van der Waals surface area (Å²) in [6.07, 6.45) is 4.96. The van der Waals surface area contributed by atoms with Gasteiger partial charge >= 0.3 is 0 Å². The summed E-state index contributed by atoms with van der Waals surface area (Å²) in [4.78, 5) is 0. The van der Waals surface area contributed by atoms with Crippen LogP contribution in [-0.4, -0.2) is 11.2 Å². The van der Waals surface area contributed by atoms with Crippen LogP contribution in [-0.2, 0) is 6.42 Å². The molecule has 0 aliphatic heterocycles. The largest absolute Gasteiger partial charge is 0.393 e. The highest BCUT2D eigenvalue weighted by atomic mass is 19.1. The molecule has 2 unspecified atom stereocenters. The van der Waals surface area contributed by atoms with Gasteiger partial charge in [-0.25, -0.2) is 8.78 Å². The zero-order chi connectivity index (χ0) is 12.3. The van der Waals surface area contributed by atoms with E-state index in [4.69, 9.17) is 0 Å². The Kier molecular flexibility index (Phi) is 4.11. The Labute approximate surface area is 100 Å². The molecule has 1 aliphatic carbocycles. The Bertz CT molecular complexity index is 378. The van der Waals surface area contributed by atoms with E-state index in [2.05, 4.69) is 0 Å². The molecule has 1 aromatic carbocycles. The van der Waals surface area contributed by atoms with Gasteiger partial charge in [-0.15, -0.1) is 0 Å². The van der Waals surface area contributed by atoms with Crippen LogP contribution in [0.4, 0.5) is 8.78 Å². The van der Waals surface area contributed by atoms with Crippen molar-refractivity contribution in [1.82, 2.24) is 0 Å². The average molecular weight is 240 g/mol. The molecule has 0 saturated heterocycles. The van der Waals surface area contributed by atoms with Crippen molar-refractivity contribution in [3.63, 3.8) is 0 Å². The van der Waals surface area contributed by atoms with Crippen LogP contribution in [0.1, 0.15) is 37.7 Å². The summed E-state index contributed by atoms with van der Waals surface area (Å²) in [6.45, 7) is 0. The molecule has 1 aliphatic rings. The third-order valence-electron chi connectivity index (χ3n) is 3.61. The van der Waals surface area contributed by atoms with Gasteiger partial charge < -0.3 is 5.11 Å². The number of hydrogen-bond acceptors (Lipinski definition) is 1. The minimum Gasteiger partial charge on any atom is -0.393 e. The summed E-state index contributed by atoms with van der Waals surface area (Å²) in [5.41, 5.74) is 0.385. The lowest BCUT2D eigenvalue weighted by Crippen LogP contribution is -2.21. The Morgan fingerprint density at radius 2 is 1.88 bits per heavy atom. The third kappa shape index (κ3) is 3.25. The van der Waals surface area contributed by atoms with Crippen LogP contribution in [0.3, 0.4) is 0 Å². The third-order valence-corrected chi connectivity index (χ3v) is 3.61. The summed E-state index contributed by atoms with van der Waals surface area (Å²) in [7, 11) is 0. The Hall–Kier alpha value is -0.960. The molecule has 0 heterocycles. The van der Waals surface area contributed by atoms with Gasteiger partial charge in [-0.05, 0) is 48.9 Å². The molecule has 1 N–H and O–H groups in total. The predicted octanol–water partition coefficient (Wildman–Crippen LogP) is 3.45. The van der Waals surface area contributed by atoms with Gasteiger partial charge in [-0.1, -0.05) is 19.3 Å². The highest BCUT2D eigenvalue weighted by Gasteiger charge is 2.23. The van der Waals surface area contributed by atoms with Crippen LogP contribution >= 0.6 is 0 Å². The lowest BCUT2D eigenvalue weighted by molar-refractivity contribution is 0.100. The van der Waals surface area contributed by atoms with Crippen molar-refractivity contribution in [3.05, 3.63) is 35.4 Å². The molecule has 1 nitrogen and oxygen atoms in total. The maximum absolute atomic E-state index is 13.5. The van der Waals surface area contributed by atoms with Crippen LogP contribution in [0.15, 0.2) is 18.2 Å². The first kappa shape index (κ1) is 12.5. The number of rotatable bonds is 2. The highest BCUT2D eigenvalue weighted by Crippen LogP contribution is 2.27. The number of aliphatic hydroxyl groups excluding tert-OH is 1. The van der Waals surface area contributed by atoms with Crippen LogP contribution in [0.25, 0.3) is 0 Å². The summed E-state index contributed by atoms with van der Waals surface area (Å²) in [6, 6.07) is 3.53. The van der Waals surface area contributed by atoms with Gasteiger partial charge in [0.1, 0.15) is 11.6 Å². The fraction of sp³-hybridized carbons (Fsp3) is 0.571. The molecule has 3 heteroatoms. The molecule has 1 fully saturated rings. The van der Waals surface area contributed by atoms with Crippen molar-refractivity contribution >= 4 is 0 Å². The number of aliphatic hydroxyl groups is 1. The van der Waals surface area contributed by atoms with Gasteiger partial charge in [0, 0.05) is 0 Å². The van der Waals surface area contributed by atoms with Crippen molar-refractivity contribution in [2.24, 2.45) is 5.92 Å². The fourth-order valence-corrected chi connectivity index (χ4v) is 2.59. The van der Waals surface area contributed by atoms with E-state index in [1.165, 1.54) is 6.07 Å². The first-order valence-electron chi connectivity index (χ1n) is 6.29. The van der Waals surface area contributed by atoms with E-state index >= 15 is 0 Å². The van der Waals surface area contributed by atoms with Crippen LogP contribution in [0, 0.1) is 17.6 Å². The van der Waals surface area contributed by atoms with E-state index in [9.17, 15) is 13.9 Å². The second-order valence-corrected chi connectivity index (χ2v) is 4.91. The lowest BCUT2D eigenvalue weighted by atomic mass is 9.90. The summed E-state index contributed by atoms with van der Waals surface area (Å²) >= 11 is 0. The normalized spacial score (nSPS) is 25.6. The molecule has 0 bridgehead atoms. The van der Waals surface area contributed by atoms with Crippen LogP contribution in [0.2, 0.25) is 0 Å². The van der Waals surface area contributed by atoms with E-state index in [1.54, 1.807) is 0 Å². The maximum atomic E-state index is 13.5. The van der Waals surface area contributed by atoms with E-state index in [0.717, 1.165) is 44.2 Å². The molecular weight excluding hydrogens is 222 g/mol. The van der Waals surface area contributed by atoms with E-state index in [0.29, 0.717) is 12.0 Å². The Balaban J connectivity index is 2.10. The van der Waals surface area contributed by atoms with Gasteiger partial charge in [0.2, 0.25) is 0 Å². The molecule has 2 rings (SSSR count). The highest BCUT2D eigenvalue weighted by molar-refractivity contribution is 5.19. The minimum atomic E-state index is -0.412. The molecular formula is C14H18F2O. The van der Waals surface area contributed by atoms with Gasteiger partial charge in [0.15, 0.2) is 0 Å². The first-order chi connectivity index (χ1) is 8.16. The van der Waals surface area contributed by atoms with Crippen LogP contribution < -0.4 is 0 Å². The second kappa shape index (κ2) is 5.58. The zero-order valence-corrected chi connectivity index (χ0v) is 9.83. The zero-order valence-electron chi connectivity index (χ0n) is 9.83. The molecule has 1 saturated carbocycles. The van der Waals surface area contributed by atoms with Crippen molar-refractivity contribution < 1.29 is 13.9 Å². The van der Waals surface area contributed by atoms with Crippen LogP contribution in [0.5, 0.6) is 0 Å². The van der Waals surface area contributed by atoms with Gasteiger partial charge in [-0.3, -0.25) is 0 Å². The minimum absolute atomic E-state index is 0.0637. The topological polar surface area (TPSA) is 20.2 Å². The summed E-state index contributed by atoms with van der Waals surface area (Å²) in [5, 5.41) is 9.95. The molecule has 0 aromatic heterocycles. The monoisotopic (exact) mass is 240 g/mol. The Morgan fingerprint density at radius 3 is 2.71 bits per heavy atom. The second-order valence-electron chi connectivity index (χ2n) is 4.91. The maximum Gasteiger partial charge on any atom is 0.126 e. The SMILES string of the molecule is OC1CCCCCC1Cc1cc(F)ccc1F. The number of benzene rings is 1. The quantitative estimate of drug-likeness (QED) is 0.785. The Morgan fingerprint density at radius 1 is 1.12 bits per heavy atom. The molecule has 1 aromatic rings. The molecule has 0 spiro atoms. The van der Waals surface area contributed by atoms with E-state index in [-0.39, 0.29) is 17.8 Å².